The molecule has 0 aliphatic heterocycles. The molecule has 4 N–H and O–H groups in total. The monoisotopic (exact) mass is 575 g/mol. The summed E-state index contributed by atoms with van der Waals surface area (Å²) in [5.74, 6) is 1.13. The van der Waals surface area contributed by atoms with Crippen LogP contribution in [0.1, 0.15) is 15.9 Å². The Morgan fingerprint density at radius 1 is 0.762 bits per heavy atom. The van der Waals surface area contributed by atoms with Gasteiger partial charge in [-0.15, -0.1) is 0 Å². The number of aromatic nitrogens is 3. The van der Waals surface area contributed by atoms with Gasteiger partial charge in [-0.2, -0.15) is 15.0 Å². The van der Waals surface area contributed by atoms with Crippen LogP contribution in [0.4, 0.5) is 27.9 Å². The van der Waals surface area contributed by atoms with E-state index in [1.807, 2.05) is 42.5 Å². The summed E-state index contributed by atoms with van der Waals surface area (Å²) in [6.07, 6.45) is 0. The van der Waals surface area contributed by atoms with Gasteiger partial charge in [0.25, 0.3) is 5.91 Å². The number of carbonyl (C=O) groups is 1. The maximum atomic E-state index is 14.1. The number of ether oxygens (including phenoxy) is 3. The highest BCUT2D eigenvalue weighted by molar-refractivity contribution is 5.94. The Hall–Kier alpha value is -4.81. The Morgan fingerprint density at radius 2 is 1.45 bits per heavy atom. The summed E-state index contributed by atoms with van der Waals surface area (Å²) in [6, 6.07) is 22.9. The fourth-order valence-corrected chi connectivity index (χ4v) is 3.72. The number of hydrogen-bond acceptors (Lipinski definition) is 10. The zero-order valence-corrected chi connectivity index (χ0v) is 23.3. The van der Waals surface area contributed by atoms with Gasteiger partial charge in [0.05, 0.1) is 33.5 Å². The Morgan fingerprint density at radius 3 is 2.21 bits per heavy atom. The third-order valence-corrected chi connectivity index (χ3v) is 5.83. The van der Waals surface area contributed by atoms with E-state index >= 15 is 0 Å². The molecule has 0 spiro atoms. The quantitative estimate of drug-likeness (QED) is 0.136. The van der Waals surface area contributed by atoms with Crippen molar-refractivity contribution in [3.05, 3.63) is 95.8 Å². The molecule has 1 heterocycles. The predicted molar refractivity (Wildman–Crippen MR) is 159 cm³/mol. The summed E-state index contributed by atoms with van der Waals surface area (Å²) in [5.41, 5.74) is 1.83. The molecule has 0 fully saturated rings. The smallest absolute Gasteiger partial charge is 0.251 e. The van der Waals surface area contributed by atoms with E-state index in [0.717, 1.165) is 5.69 Å². The van der Waals surface area contributed by atoms with Crippen LogP contribution in [0.15, 0.2) is 78.9 Å². The topological polar surface area (TPSA) is 132 Å². The predicted octanol–water partition coefficient (Wildman–Crippen LogP) is 4.25. The summed E-state index contributed by atoms with van der Waals surface area (Å²) in [4.78, 5) is 25.3. The first-order valence-electron chi connectivity index (χ1n) is 13.5. The number of nitrogens with one attached hydrogen (secondary N) is 4. The minimum Gasteiger partial charge on any atom is -0.497 e. The van der Waals surface area contributed by atoms with Crippen molar-refractivity contribution in [3.63, 3.8) is 0 Å². The van der Waals surface area contributed by atoms with Crippen LogP contribution in [0, 0.1) is 5.82 Å². The number of nitrogens with zero attached hydrogens (tertiary/aromatic N) is 3. The first kappa shape index (κ1) is 30.2. The van der Waals surface area contributed by atoms with E-state index in [1.165, 1.54) is 6.07 Å². The molecular weight excluding hydrogens is 541 g/mol. The van der Waals surface area contributed by atoms with Gasteiger partial charge in [0.1, 0.15) is 11.6 Å². The molecule has 0 aliphatic rings. The Bertz CT molecular complexity index is 1410. The normalized spacial score (nSPS) is 10.6. The first-order valence-corrected chi connectivity index (χ1v) is 13.5. The number of amides is 1. The van der Waals surface area contributed by atoms with Crippen molar-refractivity contribution in [2.45, 2.75) is 6.54 Å². The SMILES string of the molecule is COc1cccc(Nc2nc(NCCOCCOCCNC(=O)c3ccccc3)nc(NCc3ccccc3F)n2)c1. The highest BCUT2D eigenvalue weighted by Crippen LogP contribution is 2.21. The van der Waals surface area contributed by atoms with Crippen LogP contribution < -0.4 is 26.0 Å². The van der Waals surface area contributed by atoms with Crippen molar-refractivity contribution in [1.82, 2.24) is 20.3 Å². The van der Waals surface area contributed by atoms with Crippen molar-refractivity contribution in [2.75, 3.05) is 62.6 Å². The summed E-state index contributed by atoms with van der Waals surface area (Å²) in [6.45, 7) is 2.60. The van der Waals surface area contributed by atoms with Crippen molar-refractivity contribution in [1.29, 1.82) is 0 Å². The standard InChI is InChI=1S/C30H34FN7O4/c1-40-25-12-7-11-24(20-25)35-30-37-28(36-29(38-30)34-21-23-10-5-6-13-26(23)31)33-15-17-42-19-18-41-16-14-32-27(39)22-8-3-2-4-9-22/h2-13,20H,14-19,21H2,1H3,(H,32,39)(H3,33,34,35,36,37,38). The maximum absolute atomic E-state index is 14.1. The largest absolute Gasteiger partial charge is 0.497 e. The van der Waals surface area contributed by atoms with Crippen LogP contribution in [-0.2, 0) is 16.0 Å². The lowest BCUT2D eigenvalue weighted by Crippen LogP contribution is -2.27. The second-order valence-electron chi connectivity index (χ2n) is 8.88. The molecule has 220 valence electrons. The number of rotatable bonds is 17. The molecule has 3 aromatic carbocycles. The fourth-order valence-electron chi connectivity index (χ4n) is 3.72. The van der Waals surface area contributed by atoms with E-state index in [-0.39, 0.29) is 24.2 Å². The molecule has 1 aromatic heterocycles. The third kappa shape index (κ3) is 9.98. The van der Waals surface area contributed by atoms with Gasteiger partial charge in [-0.25, -0.2) is 4.39 Å². The minimum absolute atomic E-state index is 0.132. The number of methoxy groups -OCH3 is 1. The molecule has 0 bridgehead atoms. The lowest BCUT2D eigenvalue weighted by atomic mass is 10.2. The van der Waals surface area contributed by atoms with Crippen molar-refractivity contribution in [3.8, 4) is 5.75 Å². The van der Waals surface area contributed by atoms with Gasteiger partial charge >= 0.3 is 0 Å². The summed E-state index contributed by atoms with van der Waals surface area (Å²) in [5, 5.41) is 12.1. The molecule has 0 saturated carbocycles. The second-order valence-corrected chi connectivity index (χ2v) is 8.88. The lowest BCUT2D eigenvalue weighted by molar-refractivity contribution is 0.0519. The van der Waals surface area contributed by atoms with Crippen LogP contribution >= 0.6 is 0 Å². The third-order valence-electron chi connectivity index (χ3n) is 5.83. The van der Waals surface area contributed by atoms with Crippen LogP contribution in [0.2, 0.25) is 0 Å². The number of anilines is 4. The van der Waals surface area contributed by atoms with Gasteiger partial charge < -0.3 is 35.5 Å². The molecule has 4 rings (SSSR count). The van der Waals surface area contributed by atoms with Crippen molar-refractivity contribution in [2.24, 2.45) is 0 Å². The van der Waals surface area contributed by atoms with Crippen LogP contribution in [-0.4, -0.2) is 67.5 Å². The average molecular weight is 576 g/mol. The van der Waals surface area contributed by atoms with Gasteiger partial charge in [-0.05, 0) is 30.3 Å². The van der Waals surface area contributed by atoms with Crippen molar-refractivity contribution >= 4 is 29.4 Å². The molecule has 0 saturated heterocycles. The van der Waals surface area contributed by atoms with Gasteiger partial charge in [0, 0.05) is 42.5 Å². The molecule has 0 unspecified atom stereocenters. The zero-order valence-electron chi connectivity index (χ0n) is 23.3. The second kappa shape index (κ2) is 16.5. The van der Waals surface area contributed by atoms with Gasteiger partial charge in [-0.3, -0.25) is 4.79 Å². The van der Waals surface area contributed by atoms with Crippen LogP contribution in [0.25, 0.3) is 0 Å². The van der Waals surface area contributed by atoms with E-state index in [2.05, 4.69) is 36.2 Å². The van der Waals surface area contributed by atoms with E-state index in [0.29, 0.717) is 68.3 Å². The highest BCUT2D eigenvalue weighted by Gasteiger charge is 2.09. The van der Waals surface area contributed by atoms with E-state index < -0.39 is 0 Å². The maximum Gasteiger partial charge on any atom is 0.251 e. The average Bonchev–Trinajstić information content (AvgIpc) is 3.02. The zero-order chi connectivity index (χ0) is 29.4. The summed E-state index contributed by atoms with van der Waals surface area (Å²) in [7, 11) is 1.59. The fraction of sp³-hybridized carbons (Fsp3) is 0.267. The number of benzene rings is 3. The molecule has 1 amide bonds. The van der Waals surface area contributed by atoms with E-state index in [9.17, 15) is 9.18 Å². The van der Waals surface area contributed by atoms with Crippen LogP contribution in [0.5, 0.6) is 5.75 Å². The molecule has 0 atom stereocenters. The molecule has 4 aromatic rings. The van der Waals surface area contributed by atoms with Crippen molar-refractivity contribution < 1.29 is 23.4 Å². The molecular formula is C30H34FN7O4. The van der Waals surface area contributed by atoms with E-state index in [4.69, 9.17) is 14.2 Å². The molecule has 11 nitrogen and oxygen atoms in total. The highest BCUT2D eigenvalue weighted by atomic mass is 19.1. The Balaban J connectivity index is 1.22. The molecule has 0 aliphatic carbocycles. The minimum atomic E-state index is -0.315. The van der Waals surface area contributed by atoms with Gasteiger partial charge in [-0.1, -0.05) is 42.5 Å². The molecule has 0 radical (unpaired) electrons. The van der Waals surface area contributed by atoms with E-state index in [1.54, 1.807) is 37.4 Å². The first-order chi connectivity index (χ1) is 20.6. The summed E-state index contributed by atoms with van der Waals surface area (Å²) >= 11 is 0. The number of halogens is 1. The van der Waals surface area contributed by atoms with Crippen LogP contribution in [0.3, 0.4) is 0 Å². The molecule has 12 heteroatoms. The van der Waals surface area contributed by atoms with Gasteiger partial charge in [0.15, 0.2) is 0 Å². The van der Waals surface area contributed by atoms with Gasteiger partial charge in [0.2, 0.25) is 17.8 Å². The number of hydrogen-bond donors (Lipinski definition) is 4. The number of carbonyl (C=O) groups excluding carboxylic acids is 1. The lowest BCUT2D eigenvalue weighted by Gasteiger charge is -2.12. The molecule has 42 heavy (non-hydrogen) atoms. The Kier molecular flexibility index (Phi) is 11.8. The Labute approximate surface area is 243 Å². The summed E-state index contributed by atoms with van der Waals surface area (Å²) < 4.78 is 30.5.